The molecule has 3 rings (SSSR count). The van der Waals surface area contributed by atoms with Crippen LogP contribution in [0.25, 0.3) is 0 Å². The lowest BCUT2D eigenvalue weighted by molar-refractivity contribution is 0.482. The summed E-state index contributed by atoms with van der Waals surface area (Å²) >= 11 is 0. The van der Waals surface area contributed by atoms with Gasteiger partial charge in [-0.25, -0.2) is 13.6 Å². The molecule has 0 amide bonds. The van der Waals surface area contributed by atoms with Crippen molar-refractivity contribution in [3.8, 4) is 5.75 Å². The lowest BCUT2D eigenvalue weighted by Gasteiger charge is -2.16. The van der Waals surface area contributed by atoms with Gasteiger partial charge < -0.3 is 20.6 Å². The van der Waals surface area contributed by atoms with E-state index in [-0.39, 0.29) is 39.8 Å². The van der Waals surface area contributed by atoms with E-state index in [0.29, 0.717) is 11.4 Å². The molecule has 0 aromatic heterocycles. The molecule has 0 aliphatic carbocycles. The molecule has 0 fully saturated rings. The van der Waals surface area contributed by atoms with Crippen LogP contribution in [0.1, 0.15) is 5.56 Å². The van der Waals surface area contributed by atoms with Gasteiger partial charge in [0, 0.05) is 25.3 Å². The van der Waals surface area contributed by atoms with E-state index in [1.807, 2.05) is 43.3 Å². The van der Waals surface area contributed by atoms with E-state index >= 15 is 0 Å². The average molecular weight is 519 g/mol. The monoisotopic (exact) mass is 518 g/mol. The second-order valence-electron chi connectivity index (χ2n) is 7.69. The summed E-state index contributed by atoms with van der Waals surface area (Å²) in [6.45, 7) is 0.0138. The summed E-state index contributed by atoms with van der Waals surface area (Å²) in [5.41, 5.74) is 13.5. The number of nitrogens with two attached hydrogens (primary N) is 3. The van der Waals surface area contributed by atoms with Crippen molar-refractivity contribution in [1.29, 1.82) is 0 Å². The molecule has 0 spiro atoms. The van der Waals surface area contributed by atoms with E-state index in [9.17, 15) is 16.8 Å². The van der Waals surface area contributed by atoms with Gasteiger partial charge >= 0.3 is 10.1 Å². The first-order valence-corrected chi connectivity index (χ1v) is 13.3. The van der Waals surface area contributed by atoms with Crippen LogP contribution in [0, 0.1) is 0 Å². The molecule has 0 bridgehead atoms. The molecule has 3 aromatic rings. The molecule has 0 heterocycles. The number of rotatable bonds is 9. The molecule has 35 heavy (non-hydrogen) atoms. The lowest BCUT2D eigenvalue weighted by atomic mass is 10.1. The van der Waals surface area contributed by atoms with Crippen LogP contribution >= 0.6 is 0 Å². The minimum atomic E-state index is -4.37. The number of primary sulfonamides is 1. The third-order valence-corrected chi connectivity index (χ3v) is 7.15. The van der Waals surface area contributed by atoms with Gasteiger partial charge in [-0.05, 0) is 73.6 Å². The van der Waals surface area contributed by atoms with Gasteiger partial charge in [0.15, 0.2) is 5.75 Å². The second kappa shape index (κ2) is 10.4. The van der Waals surface area contributed by atoms with Crippen LogP contribution in [0.3, 0.4) is 0 Å². The van der Waals surface area contributed by atoms with E-state index in [4.69, 9.17) is 20.8 Å². The molecule has 11 nitrogen and oxygen atoms in total. The minimum absolute atomic E-state index is 0.00993. The van der Waals surface area contributed by atoms with Crippen molar-refractivity contribution in [1.82, 2.24) is 0 Å². The Morgan fingerprint density at radius 1 is 0.857 bits per heavy atom. The van der Waals surface area contributed by atoms with Gasteiger partial charge in [-0.15, -0.1) is 0 Å². The zero-order valence-electron chi connectivity index (χ0n) is 19.1. The summed E-state index contributed by atoms with van der Waals surface area (Å²) in [6, 6.07) is 15.3. The van der Waals surface area contributed by atoms with Gasteiger partial charge in [0.1, 0.15) is 4.90 Å². The Bertz CT molecular complexity index is 1440. The molecule has 0 aliphatic heterocycles. The van der Waals surface area contributed by atoms with Gasteiger partial charge in [-0.1, -0.05) is 0 Å². The summed E-state index contributed by atoms with van der Waals surface area (Å²) in [5, 5.41) is 13.5. The predicted octanol–water partition coefficient (Wildman–Crippen LogP) is 2.67. The van der Waals surface area contributed by atoms with Gasteiger partial charge in [0.2, 0.25) is 10.0 Å². The summed E-state index contributed by atoms with van der Waals surface area (Å²) in [6.07, 6.45) is -0.0174. The second-order valence-corrected chi connectivity index (χ2v) is 10.8. The van der Waals surface area contributed by atoms with Crippen molar-refractivity contribution in [2.24, 2.45) is 21.1 Å². The number of azo groups is 1. The van der Waals surface area contributed by atoms with Crippen molar-refractivity contribution in [3.05, 3.63) is 66.2 Å². The molecule has 3 aromatic carbocycles. The van der Waals surface area contributed by atoms with Crippen LogP contribution in [0.4, 0.5) is 22.7 Å². The van der Waals surface area contributed by atoms with Crippen LogP contribution in [0.15, 0.2) is 80.7 Å². The fourth-order valence-electron chi connectivity index (χ4n) is 3.14. The Morgan fingerprint density at radius 3 is 1.89 bits per heavy atom. The number of anilines is 2. The highest BCUT2D eigenvalue weighted by molar-refractivity contribution is 7.89. The molecule has 0 radical (unpaired) electrons. The van der Waals surface area contributed by atoms with E-state index in [1.165, 1.54) is 36.4 Å². The van der Waals surface area contributed by atoms with E-state index in [2.05, 4.69) is 10.2 Å². The number of sulfonamides is 1. The smallest absolute Gasteiger partial charge is 0.339 e. The zero-order valence-corrected chi connectivity index (χ0v) is 20.8. The molecule has 6 N–H and O–H groups in total. The number of benzene rings is 3. The predicted molar refractivity (Wildman–Crippen MR) is 134 cm³/mol. The highest BCUT2D eigenvalue weighted by atomic mass is 32.2. The molecular weight excluding hydrogens is 492 g/mol. The van der Waals surface area contributed by atoms with Crippen molar-refractivity contribution >= 4 is 42.9 Å². The topological polar surface area (TPSA) is 184 Å². The quantitative estimate of drug-likeness (QED) is 0.219. The molecule has 0 unspecified atom stereocenters. The maximum Gasteiger partial charge on any atom is 0.339 e. The van der Waals surface area contributed by atoms with E-state index in [1.54, 1.807) is 0 Å². The van der Waals surface area contributed by atoms with Crippen LogP contribution in [0.5, 0.6) is 5.75 Å². The highest BCUT2D eigenvalue weighted by Crippen LogP contribution is 2.34. The van der Waals surface area contributed by atoms with Crippen molar-refractivity contribution in [2.45, 2.75) is 16.2 Å². The summed E-state index contributed by atoms with van der Waals surface area (Å²) < 4.78 is 54.9. The molecule has 186 valence electrons. The highest BCUT2D eigenvalue weighted by Gasteiger charge is 2.25. The van der Waals surface area contributed by atoms with Crippen LogP contribution in [-0.2, 0) is 26.6 Å². The normalized spacial score (nSPS) is 12.1. The zero-order chi connectivity index (χ0) is 25.8. The SMILES string of the molecule is CN(C)c1ccc(N=Nc2ccc(S(=O)(=O)Oc3c(N)ccc(S(N)(=O)=O)c3CCN)cc2)cc1. The fraction of sp³-hybridized carbons (Fsp3) is 0.182. The maximum atomic E-state index is 12.9. The molecule has 0 saturated carbocycles. The molecule has 0 atom stereocenters. The molecule has 0 aliphatic rings. The Balaban J connectivity index is 1.86. The molecule has 0 saturated heterocycles. The van der Waals surface area contributed by atoms with Crippen LogP contribution in [0.2, 0.25) is 0 Å². The first-order valence-electron chi connectivity index (χ1n) is 10.3. The summed E-state index contributed by atoms with van der Waals surface area (Å²) in [4.78, 5) is 1.46. The van der Waals surface area contributed by atoms with Crippen molar-refractivity contribution in [2.75, 3.05) is 31.3 Å². The number of hydrogen-bond acceptors (Lipinski definition) is 10. The van der Waals surface area contributed by atoms with Crippen molar-refractivity contribution < 1.29 is 21.0 Å². The van der Waals surface area contributed by atoms with E-state index < -0.39 is 20.1 Å². The minimum Gasteiger partial charge on any atom is -0.396 e. The van der Waals surface area contributed by atoms with Crippen LogP contribution < -0.4 is 25.7 Å². The standard InChI is InChI=1S/C22H26N6O5S2/c1-28(2)17-7-3-15(4-8-17)26-27-16-5-9-18(10-6-16)35(31,32)33-22-19(13-14-23)21(34(25,29)30)12-11-20(22)24/h3-12H,13-14,23-24H2,1-2H3,(H2,25,29,30). The van der Waals surface area contributed by atoms with Gasteiger partial charge in [-0.3, -0.25) is 0 Å². The van der Waals surface area contributed by atoms with Gasteiger partial charge in [0.25, 0.3) is 0 Å². The first kappa shape index (κ1) is 26.1. The summed E-state index contributed by atoms with van der Waals surface area (Å²) in [7, 11) is -4.68. The van der Waals surface area contributed by atoms with E-state index in [0.717, 1.165) is 5.69 Å². The third-order valence-electron chi connectivity index (χ3n) is 4.91. The van der Waals surface area contributed by atoms with Crippen molar-refractivity contribution in [3.63, 3.8) is 0 Å². The average Bonchev–Trinajstić information content (AvgIpc) is 2.80. The maximum absolute atomic E-state index is 12.9. The number of nitrogen functional groups attached to an aromatic ring is 1. The molecule has 13 heteroatoms. The largest absolute Gasteiger partial charge is 0.396 e. The number of nitrogens with zero attached hydrogens (tertiary/aromatic N) is 3. The first-order chi connectivity index (χ1) is 16.4. The van der Waals surface area contributed by atoms with Gasteiger partial charge in [-0.2, -0.15) is 18.6 Å². The van der Waals surface area contributed by atoms with Gasteiger partial charge in [0.05, 0.1) is 22.0 Å². The Kier molecular flexibility index (Phi) is 7.75. The number of hydrogen-bond donors (Lipinski definition) is 3. The lowest BCUT2D eigenvalue weighted by Crippen LogP contribution is -2.19. The Labute approximate surface area is 204 Å². The summed E-state index contributed by atoms with van der Waals surface area (Å²) in [5.74, 6) is -0.327. The Morgan fingerprint density at radius 2 is 1.40 bits per heavy atom. The third kappa shape index (κ3) is 6.33. The molecular formula is C22H26N6O5S2. The van der Waals surface area contributed by atoms with Crippen LogP contribution in [-0.4, -0.2) is 37.5 Å². The Hall–Kier alpha value is -3.52. The fourth-order valence-corrected chi connectivity index (χ4v) is 4.92.